The van der Waals surface area contributed by atoms with Crippen LogP contribution in [0.25, 0.3) is 0 Å². The summed E-state index contributed by atoms with van der Waals surface area (Å²) in [5, 5.41) is 0. The van der Waals surface area contributed by atoms with E-state index in [4.69, 9.17) is 0 Å². The normalized spacial score (nSPS) is 36.7. The van der Waals surface area contributed by atoms with Crippen LogP contribution >= 0.6 is 0 Å². The predicted octanol–water partition coefficient (Wildman–Crippen LogP) is 7.69. The van der Waals surface area contributed by atoms with Gasteiger partial charge in [0.15, 0.2) is 0 Å². The lowest BCUT2D eigenvalue weighted by molar-refractivity contribution is 0.112. The molecule has 0 N–H and O–H groups in total. The highest BCUT2D eigenvalue weighted by Gasteiger charge is 2.57. The molecule has 0 spiro atoms. The van der Waals surface area contributed by atoms with Crippen molar-refractivity contribution in [3.63, 3.8) is 0 Å². The summed E-state index contributed by atoms with van der Waals surface area (Å²) in [6, 6.07) is 8.18. The Labute approximate surface area is 157 Å². The van der Waals surface area contributed by atoms with Gasteiger partial charge in [0.2, 0.25) is 0 Å². The highest BCUT2D eigenvalue weighted by molar-refractivity contribution is 5.33. The average molecular weight is 361 g/mol. The van der Waals surface area contributed by atoms with E-state index >= 15 is 0 Å². The van der Waals surface area contributed by atoms with Gasteiger partial charge in [-0.15, -0.1) is 0 Å². The summed E-state index contributed by atoms with van der Waals surface area (Å²) in [5.74, 6) is 0.605. The Kier molecular flexibility index (Phi) is 5.39. The van der Waals surface area contributed by atoms with E-state index in [2.05, 4.69) is 19.1 Å². The standard InChI is InChI=1S/C24H34F2/c1-2-3-17-4-6-18(7-5-17)19-8-10-20(11-9-19)21-12-14-22(15-13-21)23-16-24(23,25)26/h12-15,17-20,23H,2-11,16H2,1H3. The van der Waals surface area contributed by atoms with Crippen LogP contribution < -0.4 is 0 Å². The van der Waals surface area contributed by atoms with E-state index in [1.54, 1.807) is 0 Å². The van der Waals surface area contributed by atoms with Gasteiger partial charge in [-0.2, -0.15) is 0 Å². The van der Waals surface area contributed by atoms with Crippen LogP contribution in [0, 0.1) is 17.8 Å². The van der Waals surface area contributed by atoms with Crippen molar-refractivity contribution in [3.05, 3.63) is 35.4 Å². The number of alkyl halides is 2. The molecule has 0 nitrogen and oxygen atoms in total. The highest BCUT2D eigenvalue weighted by Crippen LogP contribution is 2.55. The van der Waals surface area contributed by atoms with Crippen LogP contribution in [0.15, 0.2) is 24.3 Å². The van der Waals surface area contributed by atoms with Crippen LogP contribution in [0.2, 0.25) is 0 Å². The van der Waals surface area contributed by atoms with E-state index < -0.39 is 11.8 Å². The first kappa shape index (κ1) is 18.4. The maximum absolute atomic E-state index is 13.2. The van der Waals surface area contributed by atoms with Crippen molar-refractivity contribution >= 4 is 0 Å². The second kappa shape index (κ2) is 7.60. The molecule has 3 saturated carbocycles. The van der Waals surface area contributed by atoms with Gasteiger partial charge in [-0.3, -0.25) is 0 Å². The van der Waals surface area contributed by atoms with Crippen molar-refractivity contribution in [2.75, 3.05) is 0 Å². The molecule has 3 aliphatic carbocycles. The van der Waals surface area contributed by atoms with Crippen molar-refractivity contribution in [1.82, 2.24) is 0 Å². The quantitative estimate of drug-likeness (QED) is 0.505. The molecule has 3 fully saturated rings. The monoisotopic (exact) mass is 360 g/mol. The van der Waals surface area contributed by atoms with E-state index in [1.165, 1.54) is 69.8 Å². The molecule has 4 rings (SSSR count). The molecular weight excluding hydrogens is 326 g/mol. The summed E-state index contributed by atoms with van der Waals surface area (Å²) in [6.45, 7) is 2.32. The molecular formula is C24H34F2. The maximum atomic E-state index is 13.2. The average Bonchev–Trinajstić information content (AvgIpc) is 3.31. The summed E-state index contributed by atoms with van der Waals surface area (Å²) in [7, 11) is 0. The third kappa shape index (κ3) is 3.99. The van der Waals surface area contributed by atoms with Crippen molar-refractivity contribution in [3.8, 4) is 0 Å². The molecule has 1 atom stereocenters. The van der Waals surface area contributed by atoms with Gasteiger partial charge < -0.3 is 0 Å². The molecule has 1 aromatic carbocycles. The van der Waals surface area contributed by atoms with Crippen molar-refractivity contribution in [2.45, 2.75) is 95.3 Å². The zero-order valence-electron chi connectivity index (χ0n) is 16.2. The Bertz CT molecular complexity index is 575. The lowest BCUT2D eigenvalue weighted by atomic mass is 9.68. The topological polar surface area (TPSA) is 0 Å². The van der Waals surface area contributed by atoms with E-state index in [0.29, 0.717) is 5.92 Å². The smallest absolute Gasteiger partial charge is 0.206 e. The highest BCUT2D eigenvalue weighted by atomic mass is 19.3. The molecule has 0 heterocycles. The molecule has 1 unspecified atom stereocenters. The van der Waals surface area contributed by atoms with Crippen LogP contribution in [0.3, 0.4) is 0 Å². The molecule has 0 bridgehead atoms. The lowest BCUT2D eigenvalue weighted by Gasteiger charge is -2.38. The zero-order valence-corrected chi connectivity index (χ0v) is 16.2. The van der Waals surface area contributed by atoms with Crippen molar-refractivity contribution < 1.29 is 8.78 Å². The molecule has 0 aromatic heterocycles. The summed E-state index contributed by atoms with van der Waals surface area (Å²) in [5.41, 5.74) is 2.21. The number of benzene rings is 1. The minimum atomic E-state index is -2.45. The molecule has 0 saturated heterocycles. The van der Waals surface area contributed by atoms with Gasteiger partial charge in [0.1, 0.15) is 0 Å². The Morgan fingerprint density at radius 3 is 1.81 bits per heavy atom. The number of hydrogen-bond acceptors (Lipinski definition) is 0. The molecule has 144 valence electrons. The van der Waals surface area contributed by atoms with Gasteiger partial charge in [0.25, 0.3) is 5.92 Å². The minimum absolute atomic E-state index is 0.0396. The summed E-state index contributed by atoms with van der Waals surface area (Å²) >= 11 is 0. The van der Waals surface area contributed by atoms with E-state index in [9.17, 15) is 8.78 Å². The van der Waals surface area contributed by atoms with Crippen LogP contribution in [0.1, 0.15) is 101 Å². The van der Waals surface area contributed by atoms with Crippen LogP contribution in [-0.2, 0) is 0 Å². The van der Waals surface area contributed by atoms with Gasteiger partial charge in [0, 0.05) is 6.42 Å². The molecule has 0 amide bonds. The molecule has 1 aromatic rings. The van der Waals surface area contributed by atoms with E-state index in [-0.39, 0.29) is 6.42 Å². The van der Waals surface area contributed by atoms with Gasteiger partial charge in [-0.25, -0.2) is 8.78 Å². The molecule has 0 aliphatic heterocycles. The fourth-order valence-electron chi connectivity index (χ4n) is 5.86. The van der Waals surface area contributed by atoms with Crippen molar-refractivity contribution in [2.24, 2.45) is 17.8 Å². The second-order valence-electron chi connectivity index (χ2n) is 9.37. The number of hydrogen-bond donors (Lipinski definition) is 0. The first-order valence-electron chi connectivity index (χ1n) is 11.0. The van der Waals surface area contributed by atoms with Crippen LogP contribution in [0.5, 0.6) is 0 Å². The van der Waals surface area contributed by atoms with Crippen molar-refractivity contribution in [1.29, 1.82) is 0 Å². The summed E-state index contributed by atoms with van der Waals surface area (Å²) in [4.78, 5) is 0. The van der Waals surface area contributed by atoms with Gasteiger partial charge in [-0.1, -0.05) is 56.9 Å². The Morgan fingerprint density at radius 1 is 0.808 bits per heavy atom. The van der Waals surface area contributed by atoms with Gasteiger partial charge >= 0.3 is 0 Å². The fourth-order valence-corrected chi connectivity index (χ4v) is 5.86. The Hall–Kier alpha value is -0.920. The Morgan fingerprint density at radius 2 is 1.31 bits per heavy atom. The minimum Gasteiger partial charge on any atom is -0.206 e. The largest absolute Gasteiger partial charge is 0.255 e. The van der Waals surface area contributed by atoms with Crippen LogP contribution in [-0.4, -0.2) is 5.92 Å². The fraction of sp³-hybridized carbons (Fsp3) is 0.750. The molecule has 2 heteroatoms. The van der Waals surface area contributed by atoms with Gasteiger partial charge in [0.05, 0.1) is 5.92 Å². The third-order valence-corrected chi connectivity index (χ3v) is 7.66. The summed E-state index contributed by atoms with van der Waals surface area (Å²) < 4.78 is 26.4. The first-order chi connectivity index (χ1) is 12.6. The number of rotatable bonds is 5. The first-order valence-corrected chi connectivity index (χ1v) is 11.0. The second-order valence-corrected chi connectivity index (χ2v) is 9.37. The molecule has 3 aliphatic rings. The SMILES string of the molecule is CCCC1CCC(C2CCC(c3ccc(C4CC4(F)F)cc3)CC2)CC1. The molecule has 0 radical (unpaired) electrons. The van der Waals surface area contributed by atoms with E-state index in [1.807, 2.05) is 12.1 Å². The predicted molar refractivity (Wildman–Crippen MR) is 104 cm³/mol. The third-order valence-electron chi connectivity index (χ3n) is 7.66. The zero-order chi connectivity index (χ0) is 18.1. The molecule has 26 heavy (non-hydrogen) atoms. The van der Waals surface area contributed by atoms with E-state index in [0.717, 1.165) is 23.3 Å². The van der Waals surface area contributed by atoms with Gasteiger partial charge in [-0.05, 0) is 73.3 Å². The Balaban J connectivity index is 1.26. The summed E-state index contributed by atoms with van der Waals surface area (Å²) in [6.07, 6.45) is 14.0. The van der Waals surface area contributed by atoms with Crippen LogP contribution in [0.4, 0.5) is 8.78 Å². The maximum Gasteiger partial charge on any atom is 0.255 e. The number of halogens is 2. The lowest BCUT2D eigenvalue weighted by Crippen LogP contribution is -2.25.